The maximum atomic E-state index is 11.3. The predicted molar refractivity (Wildman–Crippen MR) is 61.6 cm³/mol. The second-order valence-corrected chi connectivity index (χ2v) is 3.94. The van der Waals surface area contributed by atoms with E-state index >= 15 is 0 Å². The fourth-order valence-corrected chi connectivity index (χ4v) is 1.68. The zero-order chi connectivity index (χ0) is 13.0. The van der Waals surface area contributed by atoms with Crippen molar-refractivity contribution in [3.05, 3.63) is 17.0 Å². The first kappa shape index (κ1) is 13.2. The van der Waals surface area contributed by atoms with Crippen molar-refractivity contribution >= 4 is 11.9 Å². The van der Waals surface area contributed by atoms with Gasteiger partial charge in [-0.05, 0) is 25.8 Å². The minimum atomic E-state index is -1.04. The highest BCUT2D eigenvalue weighted by atomic mass is 16.4. The summed E-state index contributed by atoms with van der Waals surface area (Å²) >= 11 is 0. The van der Waals surface area contributed by atoms with Gasteiger partial charge in [0.05, 0.1) is 5.69 Å². The van der Waals surface area contributed by atoms with Gasteiger partial charge in [-0.1, -0.05) is 0 Å². The molecule has 2 N–H and O–H groups in total. The van der Waals surface area contributed by atoms with Crippen LogP contribution in [0, 0.1) is 13.8 Å². The first-order valence-electron chi connectivity index (χ1n) is 5.39. The van der Waals surface area contributed by atoms with Gasteiger partial charge in [-0.15, -0.1) is 0 Å². The molecule has 0 spiro atoms. The van der Waals surface area contributed by atoms with Crippen LogP contribution >= 0.6 is 0 Å². The summed E-state index contributed by atoms with van der Waals surface area (Å²) in [6.07, 6.45) is 0.859. The Hall–Kier alpha value is -1.85. The van der Waals surface area contributed by atoms with Crippen LogP contribution in [0.2, 0.25) is 0 Å². The van der Waals surface area contributed by atoms with Crippen molar-refractivity contribution in [2.24, 2.45) is 7.05 Å². The molecule has 1 amide bonds. The molecule has 1 aromatic rings. The van der Waals surface area contributed by atoms with Crippen molar-refractivity contribution in [2.45, 2.75) is 26.7 Å². The number of carboxylic acids is 1. The molecule has 0 atom stereocenters. The number of hydrogen-bond donors (Lipinski definition) is 2. The zero-order valence-electron chi connectivity index (χ0n) is 10.3. The van der Waals surface area contributed by atoms with Crippen molar-refractivity contribution in [1.29, 1.82) is 0 Å². The number of rotatable bonds is 5. The molecule has 94 valence electrons. The lowest BCUT2D eigenvalue weighted by Gasteiger charge is -2.03. The van der Waals surface area contributed by atoms with Crippen molar-refractivity contribution in [2.75, 3.05) is 6.54 Å². The molecule has 17 heavy (non-hydrogen) atoms. The summed E-state index contributed by atoms with van der Waals surface area (Å²) in [6, 6.07) is 0. The zero-order valence-corrected chi connectivity index (χ0v) is 10.3. The molecule has 0 aliphatic carbocycles. The smallest absolute Gasteiger partial charge is 0.322 e. The highest BCUT2D eigenvalue weighted by molar-refractivity contribution is 5.81. The summed E-state index contributed by atoms with van der Waals surface area (Å²) in [5.74, 6) is -1.29. The number of aryl methyl sites for hydroxylation is 2. The van der Waals surface area contributed by atoms with E-state index in [1.807, 2.05) is 20.9 Å². The average molecular weight is 239 g/mol. The number of aliphatic carboxylic acids is 1. The third-order valence-corrected chi connectivity index (χ3v) is 2.70. The third-order valence-electron chi connectivity index (χ3n) is 2.70. The van der Waals surface area contributed by atoms with E-state index in [2.05, 4.69) is 10.4 Å². The average Bonchev–Trinajstić information content (AvgIpc) is 2.48. The van der Waals surface area contributed by atoms with Gasteiger partial charge in [0, 0.05) is 19.2 Å². The molecule has 0 aliphatic rings. The molecule has 0 saturated heterocycles. The Balaban J connectivity index is 2.50. The molecule has 0 unspecified atom stereocenters. The molecule has 0 bridgehead atoms. The summed E-state index contributed by atoms with van der Waals surface area (Å²) in [5.41, 5.74) is 3.00. The van der Waals surface area contributed by atoms with Gasteiger partial charge in [-0.25, -0.2) is 0 Å². The molecule has 1 heterocycles. The molecule has 0 aliphatic heterocycles. The van der Waals surface area contributed by atoms with Crippen molar-refractivity contribution in [3.63, 3.8) is 0 Å². The Morgan fingerprint density at radius 2 is 2.06 bits per heavy atom. The monoisotopic (exact) mass is 239 g/mol. The van der Waals surface area contributed by atoms with E-state index in [-0.39, 0.29) is 18.9 Å². The van der Waals surface area contributed by atoms with E-state index in [4.69, 9.17) is 5.11 Å². The van der Waals surface area contributed by atoms with Crippen LogP contribution in [0.1, 0.15) is 23.4 Å². The van der Waals surface area contributed by atoms with Gasteiger partial charge in [-0.3, -0.25) is 14.3 Å². The van der Waals surface area contributed by atoms with Crippen LogP contribution in [0.4, 0.5) is 0 Å². The van der Waals surface area contributed by atoms with Gasteiger partial charge in [0.15, 0.2) is 0 Å². The molecular weight excluding hydrogens is 222 g/mol. The molecule has 0 aromatic carbocycles. The Morgan fingerprint density at radius 1 is 1.41 bits per heavy atom. The van der Waals surface area contributed by atoms with E-state index in [0.717, 1.165) is 17.0 Å². The molecule has 1 rings (SSSR count). The number of nitrogens with one attached hydrogen (secondary N) is 1. The van der Waals surface area contributed by atoms with Crippen molar-refractivity contribution < 1.29 is 14.7 Å². The second-order valence-electron chi connectivity index (χ2n) is 3.94. The van der Waals surface area contributed by atoms with E-state index in [1.165, 1.54) is 0 Å². The minimum absolute atomic E-state index is 0.255. The Bertz CT molecular complexity index is 437. The van der Waals surface area contributed by atoms with E-state index in [0.29, 0.717) is 6.42 Å². The Morgan fingerprint density at radius 3 is 2.53 bits per heavy atom. The first-order chi connectivity index (χ1) is 7.91. The maximum Gasteiger partial charge on any atom is 0.322 e. The number of hydrogen-bond acceptors (Lipinski definition) is 3. The van der Waals surface area contributed by atoms with Gasteiger partial charge in [0.1, 0.15) is 6.54 Å². The van der Waals surface area contributed by atoms with E-state index in [1.54, 1.807) is 4.68 Å². The highest BCUT2D eigenvalue weighted by Crippen LogP contribution is 2.13. The van der Waals surface area contributed by atoms with Crippen LogP contribution in [0.15, 0.2) is 0 Å². The lowest BCUT2D eigenvalue weighted by atomic mass is 10.1. The summed E-state index contributed by atoms with van der Waals surface area (Å²) in [5, 5.41) is 15.0. The van der Waals surface area contributed by atoms with Crippen LogP contribution in [0.3, 0.4) is 0 Å². The summed E-state index contributed by atoms with van der Waals surface area (Å²) < 4.78 is 1.78. The van der Waals surface area contributed by atoms with E-state index in [9.17, 15) is 9.59 Å². The molecule has 6 heteroatoms. The lowest BCUT2D eigenvalue weighted by molar-refractivity contribution is -0.137. The highest BCUT2D eigenvalue weighted by Gasteiger charge is 2.11. The molecular formula is C11H17N3O3. The number of amides is 1. The fraction of sp³-hybridized carbons (Fsp3) is 0.545. The summed E-state index contributed by atoms with van der Waals surface area (Å²) in [6.45, 7) is 3.52. The minimum Gasteiger partial charge on any atom is -0.480 e. The Kier molecular flexibility index (Phi) is 4.25. The third kappa shape index (κ3) is 3.58. The van der Waals surface area contributed by atoms with Crippen LogP contribution in [-0.4, -0.2) is 33.3 Å². The summed E-state index contributed by atoms with van der Waals surface area (Å²) in [4.78, 5) is 21.6. The number of carboxylic acid groups (broad SMARTS) is 1. The second kappa shape index (κ2) is 5.47. The molecule has 0 fully saturated rings. The number of carbonyl (C=O) groups excluding carboxylic acids is 1. The van der Waals surface area contributed by atoms with Crippen LogP contribution in [0.25, 0.3) is 0 Å². The van der Waals surface area contributed by atoms with Crippen LogP contribution in [-0.2, 0) is 23.1 Å². The first-order valence-corrected chi connectivity index (χ1v) is 5.39. The SMILES string of the molecule is Cc1nn(C)c(C)c1CCC(=O)NCC(=O)O. The largest absolute Gasteiger partial charge is 0.480 e. The summed E-state index contributed by atoms with van der Waals surface area (Å²) in [7, 11) is 1.86. The molecule has 1 aromatic heterocycles. The fourth-order valence-electron chi connectivity index (χ4n) is 1.68. The quantitative estimate of drug-likeness (QED) is 0.767. The van der Waals surface area contributed by atoms with Gasteiger partial charge in [0.25, 0.3) is 0 Å². The standard InChI is InChI=1S/C11H17N3O3/c1-7-9(8(2)14(3)13-7)4-5-10(15)12-6-11(16)17/h4-6H2,1-3H3,(H,12,15)(H,16,17). The lowest BCUT2D eigenvalue weighted by Crippen LogP contribution is -2.29. The maximum absolute atomic E-state index is 11.3. The van der Waals surface area contributed by atoms with Gasteiger partial charge < -0.3 is 10.4 Å². The van der Waals surface area contributed by atoms with Crippen LogP contribution in [0.5, 0.6) is 0 Å². The predicted octanol–water partition coefficient (Wildman–Crippen LogP) is 0.170. The number of aromatic nitrogens is 2. The van der Waals surface area contributed by atoms with Crippen molar-refractivity contribution in [3.8, 4) is 0 Å². The molecule has 0 radical (unpaired) electrons. The molecule has 6 nitrogen and oxygen atoms in total. The number of nitrogens with zero attached hydrogens (tertiary/aromatic N) is 2. The molecule has 0 saturated carbocycles. The van der Waals surface area contributed by atoms with Gasteiger partial charge in [0.2, 0.25) is 5.91 Å². The van der Waals surface area contributed by atoms with Crippen LogP contribution < -0.4 is 5.32 Å². The Labute approximate surface area is 99.6 Å². The van der Waals surface area contributed by atoms with Gasteiger partial charge in [-0.2, -0.15) is 5.10 Å². The van der Waals surface area contributed by atoms with E-state index < -0.39 is 5.97 Å². The number of carbonyl (C=O) groups is 2. The normalized spacial score (nSPS) is 10.3. The van der Waals surface area contributed by atoms with Gasteiger partial charge >= 0.3 is 5.97 Å². The van der Waals surface area contributed by atoms with Crippen molar-refractivity contribution in [1.82, 2.24) is 15.1 Å². The topological polar surface area (TPSA) is 84.2 Å².